The van der Waals surface area contributed by atoms with Gasteiger partial charge < -0.3 is 5.11 Å². The summed E-state index contributed by atoms with van der Waals surface area (Å²) in [5.74, 6) is -1.23. The molecule has 6 nitrogen and oxygen atoms in total. The highest BCUT2D eigenvalue weighted by atomic mass is 35.5. The van der Waals surface area contributed by atoms with Gasteiger partial charge in [-0.3, -0.25) is 4.72 Å². The SMILES string of the molecule is N#Cc1cc(NS(=O)(=O)c2cccc(C(=O)O)c2)ccc1Cl. The van der Waals surface area contributed by atoms with Crippen molar-refractivity contribution in [3.63, 3.8) is 0 Å². The zero-order valence-corrected chi connectivity index (χ0v) is 12.5. The van der Waals surface area contributed by atoms with E-state index in [4.69, 9.17) is 22.0 Å². The fourth-order valence-electron chi connectivity index (χ4n) is 1.68. The molecule has 2 rings (SSSR count). The standard InChI is InChI=1S/C14H9ClN2O4S/c15-13-5-4-11(6-10(13)8-16)17-22(20,21)12-3-1-2-9(7-12)14(18)19/h1-7,17H,(H,18,19). The molecule has 0 spiro atoms. The Morgan fingerprint density at radius 1 is 1.23 bits per heavy atom. The lowest BCUT2D eigenvalue weighted by Crippen LogP contribution is -2.13. The Balaban J connectivity index is 2.38. The van der Waals surface area contributed by atoms with Crippen molar-refractivity contribution in [2.24, 2.45) is 0 Å². The van der Waals surface area contributed by atoms with Crippen LogP contribution in [0.4, 0.5) is 5.69 Å². The number of rotatable bonds is 4. The van der Waals surface area contributed by atoms with E-state index in [2.05, 4.69) is 4.72 Å². The Morgan fingerprint density at radius 2 is 1.95 bits per heavy atom. The molecule has 0 fully saturated rings. The summed E-state index contributed by atoms with van der Waals surface area (Å²) in [7, 11) is -3.97. The Morgan fingerprint density at radius 3 is 2.59 bits per heavy atom. The number of carboxylic acid groups (broad SMARTS) is 1. The summed E-state index contributed by atoms with van der Waals surface area (Å²) in [5.41, 5.74) is 0.138. The normalized spacial score (nSPS) is 10.7. The van der Waals surface area contributed by atoms with E-state index < -0.39 is 16.0 Å². The van der Waals surface area contributed by atoms with Crippen molar-refractivity contribution >= 4 is 33.3 Å². The van der Waals surface area contributed by atoms with Gasteiger partial charge in [0.1, 0.15) is 6.07 Å². The van der Waals surface area contributed by atoms with E-state index in [9.17, 15) is 13.2 Å². The Labute approximate surface area is 131 Å². The van der Waals surface area contributed by atoms with Crippen LogP contribution in [0.25, 0.3) is 0 Å². The quantitative estimate of drug-likeness (QED) is 0.892. The first-order chi connectivity index (χ1) is 10.3. The number of nitrogens with zero attached hydrogens (tertiary/aromatic N) is 1. The van der Waals surface area contributed by atoms with E-state index in [1.807, 2.05) is 6.07 Å². The molecule has 0 unspecified atom stereocenters. The topological polar surface area (TPSA) is 107 Å². The van der Waals surface area contributed by atoms with Crippen LogP contribution in [0.1, 0.15) is 15.9 Å². The molecule has 0 bridgehead atoms. The molecule has 2 N–H and O–H groups in total. The van der Waals surface area contributed by atoms with E-state index in [-0.39, 0.29) is 26.7 Å². The molecule has 0 heterocycles. The summed E-state index contributed by atoms with van der Waals surface area (Å²) in [6.07, 6.45) is 0. The van der Waals surface area contributed by atoms with E-state index in [1.165, 1.54) is 36.4 Å². The predicted octanol–water partition coefficient (Wildman–Crippen LogP) is 2.71. The largest absolute Gasteiger partial charge is 0.478 e. The second kappa shape index (κ2) is 6.05. The molecule has 112 valence electrons. The first kappa shape index (κ1) is 15.8. The highest BCUT2D eigenvalue weighted by molar-refractivity contribution is 7.92. The Bertz CT molecular complexity index is 888. The minimum atomic E-state index is -3.97. The monoisotopic (exact) mass is 336 g/mol. The zero-order chi connectivity index (χ0) is 16.3. The van der Waals surface area contributed by atoms with Gasteiger partial charge in [0.2, 0.25) is 0 Å². The van der Waals surface area contributed by atoms with E-state index in [1.54, 1.807) is 0 Å². The van der Waals surface area contributed by atoms with Gasteiger partial charge in [0.05, 0.1) is 26.7 Å². The number of sulfonamides is 1. The van der Waals surface area contributed by atoms with Crippen LogP contribution in [0.5, 0.6) is 0 Å². The molecule has 0 atom stereocenters. The van der Waals surface area contributed by atoms with Gasteiger partial charge in [0.15, 0.2) is 0 Å². The van der Waals surface area contributed by atoms with Gasteiger partial charge in [-0.25, -0.2) is 13.2 Å². The van der Waals surface area contributed by atoms with Gasteiger partial charge in [0.25, 0.3) is 10.0 Å². The third kappa shape index (κ3) is 3.36. The molecule has 22 heavy (non-hydrogen) atoms. The number of anilines is 1. The number of carboxylic acids is 1. The molecule has 0 radical (unpaired) electrons. The molecule has 0 saturated heterocycles. The van der Waals surface area contributed by atoms with Crippen LogP contribution in [-0.4, -0.2) is 19.5 Å². The van der Waals surface area contributed by atoms with Crippen LogP contribution >= 0.6 is 11.6 Å². The minimum Gasteiger partial charge on any atom is -0.478 e. The molecule has 0 saturated carbocycles. The van der Waals surface area contributed by atoms with Gasteiger partial charge in [-0.1, -0.05) is 17.7 Å². The minimum absolute atomic E-state index is 0.126. The number of benzene rings is 2. The maximum atomic E-state index is 12.2. The molecule has 0 aliphatic rings. The van der Waals surface area contributed by atoms with Gasteiger partial charge in [0, 0.05) is 0 Å². The number of hydrogen-bond donors (Lipinski definition) is 2. The van der Waals surface area contributed by atoms with Crippen LogP contribution in [0.15, 0.2) is 47.4 Å². The average Bonchev–Trinajstić information content (AvgIpc) is 2.49. The first-order valence-corrected chi connectivity index (χ1v) is 7.75. The number of nitrogens with one attached hydrogen (secondary N) is 1. The molecule has 2 aromatic carbocycles. The van der Waals surface area contributed by atoms with Gasteiger partial charge in [-0.05, 0) is 36.4 Å². The van der Waals surface area contributed by atoms with Crippen molar-refractivity contribution in [2.45, 2.75) is 4.90 Å². The van der Waals surface area contributed by atoms with Crippen LogP contribution in [-0.2, 0) is 10.0 Å². The summed E-state index contributed by atoms with van der Waals surface area (Å²) in [5, 5.41) is 18.0. The van der Waals surface area contributed by atoms with Crippen LogP contribution in [0, 0.1) is 11.3 Å². The van der Waals surface area contributed by atoms with Crippen molar-refractivity contribution in [3.8, 4) is 6.07 Å². The maximum absolute atomic E-state index is 12.2. The number of halogens is 1. The molecule has 0 aromatic heterocycles. The Kier molecular flexibility index (Phi) is 4.35. The summed E-state index contributed by atoms with van der Waals surface area (Å²) in [6.45, 7) is 0. The molecule has 2 aromatic rings. The average molecular weight is 337 g/mol. The Hall–Kier alpha value is -2.56. The number of carbonyl (C=O) groups is 1. The lowest BCUT2D eigenvalue weighted by molar-refractivity contribution is 0.0696. The predicted molar refractivity (Wildman–Crippen MR) is 80.4 cm³/mol. The smallest absolute Gasteiger partial charge is 0.335 e. The number of hydrogen-bond acceptors (Lipinski definition) is 4. The summed E-state index contributed by atoms with van der Waals surface area (Å²) in [4.78, 5) is 10.7. The summed E-state index contributed by atoms with van der Waals surface area (Å²) < 4.78 is 26.8. The molecular formula is C14H9ClN2O4S. The molecule has 8 heteroatoms. The molecular weight excluding hydrogens is 328 g/mol. The summed E-state index contributed by atoms with van der Waals surface area (Å²) in [6, 6.07) is 10.9. The highest BCUT2D eigenvalue weighted by Gasteiger charge is 2.16. The second-order valence-corrected chi connectivity index (χ2v) is 6.33. The number of aromatic carboxylic acids is 1. The van der Waals surface area contributed by atoms with Crippen molar-refractivity contribution in [2.75, 3.05) is 4.72 Å². The summed E-state index contributed by atoms with van der Waals surface area (Å²) >= 11 is 5.78. The van der Waals surface area contributed by atoms with Crippen molar-refractivity contribution in [1.29, 1.82) is 5.26 Å². The lowest BCUT2D eigenvalue weighted by atomic mass is 10.2. The lowest BCUT2D eigenvalue weighted by Gasteiger charge is -2.09. The zero-order valence-electron chi connectivity index (χ0n) is 10.9. The van der Waals surface area contributed by atoms with E-state index in [0.717, 1.165) is 6.07 Å². The van der Waals surface area contributed by atoms with Crippen LogP contribution in [0.3, 0.4) is 0 Å². The van der Waals surface area contributed by atoms with E-state index >= 15 is 0 Å². The van der Waals surface area contributed by atoms with Crippen LogP contribution < -0.4 is 4.72 Å². The second-order valence-electron chi connectivity index (χ2n) is 4.24. The van der Waals surface area contributed by atoms with Gasteiger partial charge in [-0.15, -0.1) is 0 Å². The fourth-order valence-corrected chi connectivity index (χ4v) is 2.94. The van der Waals surface area contributed by atoms with Crippen LogP contribution in [0.2, 0.25) is 5.02 Å². The molecule has 0 aliphatic carbocycles. The van der Waals surface area contributed by atoms with Gasteiger partial charge in [-0.2, -0.15) is 5.26 Å². The van der Waals surface area contributed by atoms with Crippen molar-refractivity contribution < 1.29 is 18.3 Å². The number of nitriles is 1. The maximum Gasteiger partial charge on any atom is 0.335 e. The van der Waals surface area contributed by atoms with E-state index in [0.29, 0.717) is 0 Å². The molecule has 0 amide bonds. The third-order valence-corrected chi connectivity index (χ3v) is 4.44. The third-order valence-electron chi connectivity index (χ3n) is 2.73. The van der Waals surface area contributed by atoms with Gasteiger partial charge >= 0.3 is 5.97 Å². The first-order valence-electron chi connectivity index (χ1n) is 5.89. The highest BCUT2D eigenvalue weighted by Crippen LogP contribution is 2.22. The van der Waals surface area contributed by atoms with Crippen molar-refractivity contribution in [3.05, 3.63) is 58.6 Å². The molecule has 0 aliphatic heterocycles. The van der Waals surface area contributed by atoms with Crippen molar-refractivity contribution in [1.82, 2.24) is 0 Å². The fraction of sp³-hybridized carbons (Fsp3) is 0.